The summed E-state index contributed by atoms with van der Waals surface area (Å²) in [6, 6.07) is 7.47. The highest BCUT2D eigenvalue weighted by Gasteiger charge is 2.36. The molecule has 1 aliphatic heterocycles. The lowest BCUT2D eigenvalue weighted by Crippen LogP contribution is -2.61. The summed E-state index contributed by atoms with van der Waals surface area (Å²) in [4.78, 5) is 52.1. The van der Waals surface area contributed by atoms with Gasteiger partial charge in [0, 0.05) is 13.0 Å². The highest BCUT2D eigenvalue weighted by Crippen LogP contribution is 2.26. The Labute approximate surface area is 245 Å². The molecule has 3 atom stereocenters. The van der Waals surface area contributed by atoms with Crippen molar-refractivity contribution in [3.8, 4) is 0 Å². The molecule has 1 fully saturated rings. The van der Waals surface area contributed by atoms with E-state index in [1.165, 1.54) is 5.01 Å². The number of nitrogens with one attached hydrogen (secondary N) is 2. The molecule has 1 aliphatic rings. The van der Waals surface area contributed by atoms with Crippen molar-refractivity contribution in [3.63, 3.8) is 0 Å². The van der Waals surface area contributed by atoms with Gasteiger partial charge in [0.05, 0.1) is 12.3 Å². The van der Waals surface area contributed by atoms with Gasteiger partial charge in [0.2, 0.25) is 9.70 Å². The summed E-state index contributed by atoms with van der Waals surface area (Å²) >= 11 is 17.0. The smallest absolute Gasteiger partial charge is 0.325 e. The molecule has 1 aromatic rings. The molecule has 39 heavy (non-hydrogen) atoms. The Kier molecular flexibility index (Phi) is 12.3. The molecule has 1 saturated heterocycles. The minimum absolute atomic E-state index is 0.119. The van der Waals surface area contributed by atoms with Gasteiger partial charge in [0.1, 0.15) is 24.3 Å². The summed E-state index contributed by atoms with van der Waals surface area (Å²) in [7, 11) is 0. The third-order valence-corrected chi connectivity index (χ3v) is 6.29. The molecule has 0 aromatic heterocycles. The maximum absolute atomic E-state index is 13.7. The fourth-order valence-electron chi connectivity index (χ4n) is 4.08. The number of alkyl halides is 3. The molecular weight excluding hydrogens is 569 g/mol. The van der Waals surface area contributed by atoms with Crippen molar-refractivity contribution in [1.29, 1.82) is 0 Å². The van der Waals surface area contributed by atoms with E-state index < -0.39 is 57.8 Å². The van der Waals surface area contributed by atoms with Crippen LogP contribution in [0, 0.1) is 11.8 Å². The predicted octanol–water partition coefficient (Wildman–Crippen LogP) is 4.13. The van der Waals surface area contributed by atoms with Crippen LogP contribution in [0.3, 0.4) is 0 Å². The Bertz CT molecular complexity index is 995. The van der Waals surface area contributed by atoms with Crippen LogP contribution < -0.4 is 10.7 Å². The molecule has 0 unspecified atom stereocenters. The standard InChI is InChI=1S/C27H38Cl3N3O6/c1-17(2)19(15-22(34)39-26(3,4)5)23(35)31-21(14-18-10-7-6-8-11-18)24(36)33-13-9-12-20(32-33)25(37)38-16-27(28,29)30/h6-8,10-11,17,19-21,32H,9,12-16H2,1-5H3,(H,31,35)/t19-,20-,21-/m0/s1. The minimum atomic E-state index is -1.75. The SMILES string of the molecule is CC(C)[C@H](CC(=O)OC(C)(C)C)C(=O)N[C@@H](Cc1ccccc1)C(=O)N1CCC[C@@H](C(=O)OCC(Cl)(Cl)Cl)N1. The molecule has 2 N–H and O–H groups in total. The van der Waals surface area contributed by atoms with E-state index >= 15 is 0 Å². The molecule has 12 heteroatoms. The summed E-state index contributed by atoms with van der Waals surface area (Å²) in [6.07, 6.45) is 1.03. The molecule has 0 aliphatic carbocycles. The molecule has 1 aromatic carbocycles. The Balaban J connectivity index is 2.19. The molecule has 0 radical (unpaired) electrons. The number of carbonyl (C=O) groups excluding carboxylic acids is 4. The number of hydrogen-bond acceptors (Lipinski definition) is 7. The van der Waals surface area contributed by atoms with E-state index in [1.807, 2.05) is 44.2 Å². The number of hydrogen-bond donors (Lipinski definition) is 2. The maximum atomic E-state index is 13.7. The second-order valence-electron chi connectivity index (χ2n) is 10.9. The molecule has 0 bridgehead atoms. The van der Waals surface area contributed by atoms with Crippen molar-refractivity contribution >= 4 is 58.6 Å². The fourth-order valence-corrected chi connectivity index (χ4v) is 4.24. The van der Waals surface area contributed by atoms with Crippen molar-refractivity contribution in [1.82, 2.24) is 15.8 Å². The molecule has 2 rings (SSSR count). The molecular formula is C27H38Cl3N3O6. The number of carbonyl (C=O) groups is 4. The van der Waals surface area contributed by atoms with Gasteiger partial charge in [-0.05, 0) is 45.1 Å². The first-order valence-corrected chi connectivity index (χ1v) is 14.1. The topological polar surface area (TPSA) is 114 Å². The van der Waals surface area contributed by atoms with E-state index in [9.17, 15) is 19.2 Å². The Hall–Kier alpha value is -2.07. The quantitative estimate of drug-likeness (QED) is 0.304. The van der Waals surface area contributed by atoms with Crippen LogP contribution in [0.25, 0.3) is 0 Å². The van der Waals surface area contributed by atoms with Gasteiger partial charge in [-0.25, -0.2) is 5.43 Å². The number of ether oxygens (including phenoxy) is 2. The van der Waals surface area contributed by atoms with Crippen LogP contribution in [-0.2, 0) is 35.1 Å². The summed E-state index contributed by atoms with van der Waals surface area (Å²) in [5.41, 5.74) is 3.04. The summed E-state index contributed by atoms with van der Waals surface area (Å²) < 4.78 is 8.74. The molecule has 2 amide bonds. The predicted molar refractivity (Wildman–Crippen MR) is 150 cm³/mol. The number of benzene rings is 1. The van der Waals surface area contributed by atoms with Gasteiger partial charge < -0.3 is 14.8 Å². The first kappa shape index (κ1) is 33.1. The Morgan fingerprint density at radius 3 is 2.31 bits per heavy atom. The van der Waals surface area contributed by atoms with Crippen LogP contribution in [0.2, 0.25) is 0 Å². The van der Waals surface area contributed by atoms with Gasteiger partial charge in [0.25, 0.3) is 5.91 Å². The summed E-state index contributed by atoms with van der Waals surface area (Å²) in [6.45, 7) is 8.84. The largest absolute Gasteiger partial charge is 0.460 e. The highest BCUT2D eigenvalue weighted by molar-refractivity contribution is 6.67. The van der Waals surface area contributed by atoms with Gasteiger partial charge in [-0.1, -0.05) is 79.0 Å². The van der Waals surface area contributed by atoms with E-state index in [1.54, 1.807) is 20.8 Å². The lowest BCUT2D eigenvalue weighted by Gasteiger charge is -2.35. The van der Waals surface area contributed by atoms with Gasteiger partial charge in [0.15, 0.2) is 0 Å². The van der Waals surface area contributed by atoms with Gasteiger partial charge in [-0.15, -0.1) is 0 Å². The normalized spacial score (nSPS) is 17.8. The zero-order valence-corrected chi connectivity index (χ0v) is 25.2. The lowest BCUT2D eigenvalue weighted by molar-refractivity contribution is -0.158. The number of amides is 2. The molecule has 1 heterocycles. The van der Waals surface area contributed by atoms with Crippen LogP contribution in [0.1, 0.15) is 59.4 Å². The molecule has 9 nitrogen and oxygen atoms in total. The number of esters is 2. The van der Waals surface area contributed by atoms with Crippen molar-refractivity contribution in [2.45, 2.75) is 81.8 Å². The van der Waals surface area contributed by atoms with E-state index in [0.717, 1.165) is 5.56 Å². The van der Waals surface area contributed by atoms with Crippen molar-refractivity contribution in [2.24, 2.45) is 11.8 Å². The fraction of sp³-hybridized carbons (Fsp3) is 0.630. The number of rotatable bonds is 10. The van der Waals surface area contributed by atoms with E-state index in [-0.39, 0.29) is 18.8 Å². The first-order chi connectivity index (χ1) is 18.1. The molecule has 0 spiro atoms. The number of halogens is 3. The lowest BCUT2D eigenvalue weighted by atomic mass is 9.91. The maximum Gasteiger partial charge on any atom is 0.325 e. The third-order valence-electron chi connectivity index (χ3n) is 5.96. The Morgan fingerprint density at radius 2 is 1.74 bits per heavy atom. The van der Waals surface area contributed by atoms with Crippen molar-refractivity contribution in [2.75, 3.05) is 13.2 Å². The van der Waals surface area contributed by atoms with Crippen LogP contribution in [0.4, 0.5) is 0 Å². The minimum Gasteiger partial charge on any atom is -0.460 e. The number of hydrazine groups is 1. The Morgan fingerprint density at radius 1 is 1.10 bits per heavy atom. The third kappa shape index (κ3) is 11.9. The second-order valence-corrected chi connectivity index (χ2v) is 13.4. The first-order valence-electron chi connectivity index (χ1n) is 12.9. The molecule has 0 saturated carbocycles. The number of nitrogens with zero attached hydrogens (tertiary/aromatic N) is 1. The van der Waals surface area contributed by atoms with Gasteiger partial charge in [-0.3, -0.25) is 24.2 Å². The van der Waals surface area contributed by atoms with E-state index in [4.69, 9.17) is 44.3 Å². The van der Waals surface area contributed by atoms with Crippen molar-refractivity contribution in [3.05, 3.63) is 35.9 Å². The second kappa shape index (κ2) is 14.5. The zero-order valence-electron chi connectivity index (χ0n) is 23.0. The van der Waals surface area contributed by atoms with E-state index in [2.05, 4.69) is 10.7 Å². The van der Waals surface area contributed by atoms with Gasteiger partial charge >= 0.3 is 11.9 Å². The highest BCUT2D eigenvalue weighted by atomic mass is 35.6. The van der Waals surface area contributed by atoms with Crippen molar-refractivity contribution < 1.29 is 28.7 Å². The van der Waals surface area contributed by atoms with Crippen LogP contribution in [0.5, 0.6) is 0 Å². The summed E-state index contributed by atoms with van der Waals surface area (Å²) in [5, 5.41) is 4.17. The van der Waals surface area contributed by atoms with Crippen LogP contribution in [0.15, 0.2) is 30.3 Å². The zero-order chi connectivity index (χ0) is 29.4. The van der Waals surface area contributed by atoms with Crippen LogP contribution >= 0.6 is 34.8 Å². The monoisotopic (exact) mass is 605 g/mol. The molecule has 218 valence electrons. The summed E-state index contributed by atoms with van der Waals surface area (Å²) in [5.74, 6) is -2.89. The van der Waals surface area contributed by atoms with Crippen LogP contribution in [-0.4, -0.2) is 63.4 Å². The average Bonchev–Trinajstić information content (AvgIpc) is 2.84. The van der Waals surface area contributed by atoms with Gasteiger partial charge in [-0.2, -0.15) is 0 Å². The average molecular weight is 607 g/mol. The van der Waals surface area contributed by atoms with E-state index in [0.29, 0.717) is 19.4 Å².